The number of nitrogens with zero attached hydrogens (tertiary/aromatic N) is 1. The molecule has 1 heterocycles. The minimum atomic E-state index is 0.382. The summed E-state index contributed by atoms with van der Waals surface area (Å²) in [4.78, 5) is 13.8. The van der Waals surface area contributed by atoms with Crippen LogP contribution >= 0.6 is 23.0 Å². The van der Waals surface area contributed by atoms with Gasteiger partial charge in [-0.2, -0.15) is 0 Å². The molecule has 0 N–H and O–H groups in total. The normalized spacial score (nSPS) is 23.9. The molecule has 4 heteroatoms. The highest BCUT2D eigenvalue weighted by molar-refractivity contribution is 14.1. The van der Waals surface area contributed by atoms with Crippen molar-refractivity contribution in [2.45, 2.75) is 25.7 Å². The predicted molar refractivity (Wildman–Crippen MR) is 62.0 cm³/mol. The molecule has 2 fully saturated rings. The fourth-order valence-corrected chi connectivity index (χ4v) is 2.51. The summed E-state index contributed by atoms with van der Waals surface area (Å²) in [6.45, 7) is 2.73. The lowest BCUT2D eigenvalue weighted by molar-refractivity contribution is -0.134. The highest BCUT2D eigenvalue weighted by Gasteiger charge is 2.34. The Morgan fingerprint density at radius 2 is 1.93 bits per heavy atom. The zero-order chi connectivity index (χ0) is 9.97. The van der Waals surface area contributed by atoms with Crippen LogP contribution in [0.3, 0.4) is 0 Å². The molecule has 0 aromatic carbocycles. The van der Waals surface area contributed by atoms with Gasteiger partial charge in [0.1, 0.15) is 23.0 Å². The molecule has 3 nitrogen and oxygen atoms in total. The lowest BCUT2D eigenvalue weighted by Gasteiger charge is -2.31. The maximum absolute atomic E-state index is 11.7. The van der Waals surface area contributed by atoms with E-state index < -0.39 is 0 Å². The van der Waals surface area contributed by atoms with Gasteiger partial charge in [-0.1, -0.05) is 0 Å². The van der Waals surface area contributed by atoms with E-state index in [2.05, 4.69) is 0 Å². The molecule has 80 valence electrons. The first-order valence-electron chi connectivity index (χ1n) is 5.33. The number of halogens is 1. The van der Waals surface area contributed by atoms with Crippen LogP contribution in [0.2, 0.25) is 0 Å². The van der Waals surface area contributed by atoms with E-state index in [1.54, 1.807) is 0 Å². The van der Waals surface area contributed by atoms with E-state index in [-0.39, 0.29) is 0 Å². The standard InChI is InChI=1S/C10H16INO2/c11-14-7-8-3-5-12(6-4-8)10(13)9-1-2-9/h8-9H,1-7H2. The fraction of sp³-hybridized carbons (Fsp3) is 0.900. The number of hydrogen-bond acceptors (Lipinski definition) is 2. The Balaban J connectivity index is 1.74. The molecule has 1 saturated heterocycles. The van der Waals surface area contributed by atoms with E-state index in [0.29, 0.717) is 17.7 Å². The monoisotopic (exact) mass is 309 g/mol. The van der Waals surface area contributed by atoms with E-state index in [1.165, 1.54) is 0 Å². The Hall–Kier alpha value is 0.160. The molecular formula is C10H16INO2. The van der Waals surface area contributed by atoms with Gasteiger partial charge in [-0.05, 0) is 31.6 Å². The highest BCUT2D eigenvalue weighted by Crippen LogP contribution is 2.32. The zero-order valence-corrected chi connectivity index (χ0v) is 10.4. The van der Waals surface area contributed by atoms with Gasteiger partial charge in [0.05, 0.1) is 6.61 Å². The molecule has 0 aromatic heterocycles. The Kier molecular flexibility index (Phi) is 3.65. The quantitative estimate of drug-likeness (QED) is 0.746. The molecule has 1 aliphatic carbocycles. The maximum Gasteiger partial charge on any atom is 0.225 e. The maximum atomic E-state index is 11.7. The van der Waals surface area contributed by atoms with Gasteiger partial charge < -0.3 is 7.97 Å². The summed E-state index contributed by atoms with van der Waals surface area (Å²) in [6.07, 6.45) is 4.47. The summed E-state index contributed by atoms with van der Waals surface area (Å²) < 4.78 is 5.10. The molecule has 0 bridgehead atoms. The smallest absolute Gasteiger partial charge is 0.225 e. The van der Waals surface area contributed by atoms with Crippen LogP contribution in [0.1, 0.15) is 25.7 Å². The first-order chi connectivity index (χ1) is 6.81. The summed E-state index contributed by atoms with van der Waals surface area (Å²) in [5.74, 6) is 1.45. The summed E-state index contributed by atoms with van der Waals surface area (Å²) >= 11 is 1.95. The largest absolute Gasteiger partial charge is 0.342 e. The number of rotatable bonds is 3. The first kappa shape index (κ1) is 10.7. The van der Waals surface area contributed by atoms with Crippen LogP contribution < -0.4 is 0 Å². The second-order valence-corrected chi connectivity index (χ2v) is 4.94. The molecule has 1 amide bonds. The number of hydrogen-bond donors (Lipinski definition) is 0. The van der Waals surface area contributed by atoms with Crippen molar-refractivity contribution < 1.29 is 7.86 Å². The average Bonchev–Trinajstić information content (AvgIpc) is 3.02. The minimum Gasteiger partial charge on any atom is -0.342 e. The third kappa shape index (κ3) is 2.59. The van der Waals surface area contributed by atoms with E-state index >= 15 is 0 Å². The molecule has 0 radical (unpaired) electrons. The van der Waals surface area contributed by atoms with Gasteiger partial charge in [0.15, 0.2) is 0 Å². The molecule has 14 heavy (non-hydrogen) atoms. The predicted octanol–water partition coefficient (Wildman–Crippen LogP) is 2.00. The van der Waals surface area contributed by atoms with Crippen LogP contribution in [0.4, 0.5) is 0 Å². The number of likely N-dealkylation sites (tertiary alicyclic amines) is 1. The molecule has 2 aliphatic rings. The molecule has 0 unspecified atom stereocenters. The van der Waals surface area contributed by atoms with E-state index in [4.69, 9.17) is 3.07 Å². The molecule has 0 atom stereocenters. The SMILES string of the molecule is O=C(C1CC1)N1CCC(COI)CC1. The first-order valence-corrected chi connectivity index (χ1v) is 6.21. The van der Waals surface area contributed by atoms with Gasteiger partial charge in [0.2, 0.25) is 5.91 Å². The van der Waals surface area contributed by atoms with Crippen molar-refractivity contribution >= 4 is 28.9 Å². The van der Waals surface area contributed by atoms with Gasteiger partial charge in [-0.15, -0.1) is 0 Å². The average molecular weight is 309 g/mol. The third-order valence-electron chi connectivity index (χ3n) is 3.15. The Morgan fingerprint density at radius 1 is 1.29 bits per heavy atom. The van der Waals surface area contributed by atoms with Crippen molar-refractivity contribution in [2.75, 3.05) is 19.7 Å². The van der Waals surface area contributed by atoms with E-state index in [9.17, 15) is 4.79 Å². The Labute approximate surface area is 98.9 Å². The molecule has 0 aromatic rings. The molecule has 1 saturated carbocycles. The van der Waals surface area contributed by atoms with E-state index in [0.717, 1.165) is 45.4 Å². The van der Waals surface area contributed by atoms with E-state index in [1.807, 2.05) is 27.9 Å². The molecule has 0 spiro atoms. The number of carbonyl (C=O) groups is 1. The van der Waals surface area contributed by atoms with Gasteiger partial charge in [-0.3, -0.25) is 4.79 Å². The molecular weight excluding hydrogens is 293 g/mol. The molecule has 1 aliphatic heterocycles. The fourth-order valence-electron chi connectivity index (χ4n) is 2.00. The summed E-state index contributed by atoms with van der Waals surface area (Å²) in [7, 11) is 0. The number of amides is 1. The zero-order valence-electron chi connectivity index (χ0n) is 8.25. The minimum absolute atomic E-state index is 0.382. The van der Waals surface area contributed by atoms with Crippen molar-refractivity contribution in [1.29, 1.82) is 0 Å². The second kappa shape index (κ2) is 4.79. The highest BCUT2D eigenvalue weighted by atomic mass is 127. The lowest BCUT2D eigenvalue weighted by Crippen LogP contribution is -2.40. The lowest BCUT2D eigenvalue weighted by atomic mass is 9.97. The Morgan fingerprint density at radius 3 is 2.43 bits per heavy atom. The van der Waals surface area contributed by atoms with Crippen LogP contribution in [0.5, 0.6) is 0 Å². The number of carbonyl (C=O) groups excluding carboxylic acids is 1. The van der Waals surface area contributed by atoms with Gasteiger partial charge in [-0.25, -0.2) is 0 Å². The Bertz CT molecular complexity index is 210. The van der Waals surface area contributed by atoms with Gasteiger partial charge in [0, 0.05) is 19.0 Å². The van der Waals surface area contributed by atoms with Gasteiger partial charge >= 0.3 is 0 Å². The van der Waals surface area contributed by atoms with Crippen LogP contribution in [-0.2, 0) is 7.86 Å². The number of piperidine rings is 1. The van der Waals surface area contributed by atoms with Gasteiger partial charge in [0.25, 0.3) is 0 Å². The van der Waals surface area contributed by atoms with Crippen LogP contribution in [0.15, 0.2) is 0 Å². The van der Waals surface area contributed by atoms with Crippen molar-refractivity contribution in [3.8, 4) is 0 Å². The summed E-state index contributed by atoms with van der Waals surface area (Å²) in [5, 5.41) is 0. The van der Waals surface area contributed by atoms with Crippen molar-refractivity contribution in [3.63, 3.8) is 0 Å². The van der Waals surface area contributed by atoms with Crippen molar-refractivity contribution in [2.24, 2.45) is 11.8 Å². The van der Waals surface area contributed by atoms with Crippen molar-refractivity contribution in [1.82, 2.24) is 4.90 Å². The van der Waals surface area contributed by atoms with Crippen LogP contribution in [0.25, 0.3) is 0 Å². The summed E-state index contributed by atoms with van der Waals surface area (Å²) in [5.41, 5.74) is 0. The van der Waals surface area contributed by atoms with Crippen LogP contribution in [-0.4, -0.2) is 30.5 Å². The topological polar surface area (TPSA) is 29.5 Å². The van der Waals surface area contributed by atoms with Crippen molar-refractivity contribution in [3.05, 3.63) is 0 Å². The van der Waals surface area contributed by atoms with Crippen LogP contribution in [0, 0.1) is 11.8 Å². The summed E-state index contributed by atoms with van der Waals surface area (Å²) in [6, 6.07) is 0. The third-order valence-corrected chi connectivity index (χ3v) is 3.51. The second-order valence-electron chi connectivity index (χ2n) is 4.32. The molecule has 2 rings (SSSR count).